The molecule has 6 heteroatoms. The molecule has 0 radical (unpaired) electrons. The first kappa shape index (κ1) is 12.9. The van der Waals surface area contributed by atoms with E-state index in [-0.39, 0.29) is 15.0 Å². The molecule has 0 fully saturated rings. The Morgan fingerprint density at radius 2 is 2.00 bits per heavy atom. The molecule has 0 spiro atoms. The van der Waals surface area contributed by atoms with E-state index < -0.39 is 0 Å². The third-order valence-corrected chi connectivity index (χ3v) is 5.03. The van der Waals surface area contributed by atoms with Gasteiger partial charge in [-0.1, -0.05) is 0 Å². The summed E-state index contributed by atoms with van der Waals surface area (Å²) in [5.41, 5.74) is 4.98. The number of para-hydroxylation sites is 1. The first-order valence-electron chi connectivity index (χ1n) is 6.53. The van der Waals surface area contributed by atoms with Crippen molar-refractivity contribution in [3.63, 3.8) is 0 Å². The molecule has 104 valence electrons. The van der Waals surface area contributed by atoms with Gasteiger partial charge in [0.2, 0.25) is 0 Å². The predicted octanol–water partition coefficient (Wildman–Crippen LogP) is 3.43. The molecule has 4 aromatic rings. The summed E-state index contributed by atoms with van der Waals surface area (Å²) in [5.74, 6) is 0. The normalized spacial score (nSPS) is 11.3. The number of anilines is 1. The van der Waals surface area contributed by atoms with E-state index in [4.69, 9.17) is 11.6 Å². The molecule has 4 rings (SSSR count). The molecule has 0 saturated heterocycles. The number of hydrogen-bond donors (Lipinski definition) is 2. The standard InChI is InChI=1S/C15H11ClN4Se/c16-14-9-4-1-2-5-10(9)18-13(14)8-17-11-6-3-7-12-15(11)20-21-19-12/h1-7,17-18H,8H2. The maximum atomic E-state index is 6.43. The number of hydrogen-bond acceptors (Lipinski definition) is 3. The van der Waals surface area contributed by atoms with Crippen molar-refractivity contribution < 1.29 is 0 Å². The molecular formula is C15H11ClN4Se. The molecule has 0 saturated carbocycles. The van der Waals surface area contributed by atoms with Crippen LogP contribution in [0, 0.1) is 0 Å². The van der Waals surface area contributed by atoms with Crippen LogP contribution in [0.25, 0.3) is 21.9 Å². The Labute approximate surface area is 132 Å². The number of halogens is 1. The van der Waals surface area contributed by atoms with Gasteiger partial charge in [0.05, 0.1) is 0 Å². The van der Waals surface area contributed by atoms with Gasteiger partial charge in [0.25, 0.3) is 0 Å². The second-order valence-electron chi connectivity index (χ2n) is 4.75. The van der Waals surface area contributed by atoms with Gasteiger partial charge in [-0.2, -0.15) is 0 Å². The van der Waals surface area contributed by atoms with Crippen molar-refractivity contribution >= 4 is 54.2 Å². The van der Waals surface area contributed by atoms with Crippen molar-refractivity contribution in [2.24, 2.45) is 0 Å². The SMILES string of the molecule is Clc1c(CNc2cccc3n[se]nc23)[nH]c2ccccc12. The van der Waals surface area contributed by atoms with Crippen molar-refractivity contribution in [1.29, 1.82) is 0 Å². The number of H-pyrrole nitrogens is 1. The van der Waals surface area contributed by atoms with Gasteiger partial charge in [0.15, 0.2) is 0 Å². The van der Waals surface area contributed by atoms with Crippen LogP contribution in [0.1, 0.15) is 5.69 Å². The van der Waals surface area contributed by atoms with E-state index in [0.717, 1.165) is 38.3 Å². The van der Waals surface area contributed by atoms with Crippen molar-refractivity contribution in [3.05, 3.63) is 53.2 Å². The Morgan fingerprint density at radius 1 is 1.10 bits per heavy atom. The van der Waals surface area contributed by atoms with Crippen LogP contribution < -0.4 is 5.32 Å². The molecule has 21 heavy (non-hydrogen) atoms. The maximum absolute atomic E-state index is 6.43. The van der Waals surface area contributed by atoms with Crippen LogP contribution in [-0.4, -0.2) is 27.9 Å². The number of aromatic amines is 1. The summed E-state index contributed by atoms with van der Waals surface area (Å²) in [6, 6.07) is 14.1. The van der Waals surface area contributed by atoms with Crippen molar-refractivity contribution in [2.45, 2.75) is 6.54 Å². The summed E-state index contributed by atoms with van der Waals surface area (Å²) in [6.07, 6.45) is 0. The van der Waals surface area contributed by atoms with Gasteiger partial charge in [0, 0.05) is 0 Å². The minimum absolute atomic E-state index is 0.0150. The monoisotopic (exact) mass is 362 g/mol. The minimum atomic E-state index is -0.0150. The molecule has 2 aromatic carbocycles. The fourth-order valence-corrected chi connectivity index (χ4v) is 3.85. The number of nitrogens with one attached hydrogen (secondary N) is 2. The molecular weight excluding hydrogens is 351 g/mol. The number of fused-ring (bicyclic) bond motifs is 2. The molecule has 0 aliphatic carbocycles. The molecule has 0 amide bonds. The van der Waals surface area contributed by atoms with E-state index in [2.05, 4.69) is 18.3 Å². The molecule has 4 nitrogen and oxygen atoms in total. The molecule has 2 N–H and O–H groups in total. The van der Waals surface area contributed by atoms with Crippen molar-refractivity contribution in [3.8, 4) is 0 Å². The number of rotatable bonds is 3. The first-order valence-corrected chi connectivity index (χ1v) is 8.44. The van der Waals surface area contributed by atoms with Gasteiger partial charge in [0.1, 0.15) is 0 Å². The Bertz CT molecular complexity index is 928. The number of aromatic nitrogens is 3. The van der Waals surface area contributed by atoms with Crippen LogP contribution in [0.4, 0.5) is 5.69 Å². The van der Waals surface area contributed by atoms with Crippen LogP contribution in [0.3, 0.4) is 0 Å². The van der Waals surface area contributed by atoms with E-state index >= 15 is 0 Å². The van der Waals surface area contributed by atoms with E-state index in [1.54, 1.807) is 0 Å². The van der Waals surface area contributed by atoms with Crippen LogP contribution >= 0.6 is 11.6 Å². The average Bonchev–Trinajstić information content (AvgIpc) is 3.11. The molecule has 2 aromatic heterocycles. The Hall–Kier alpha value is -1.81. The van der Waals surface area contributed by atoms with E-state index in [1.807, 2.05) is 42.5 Å². The molecule has 0 aliphatic heterocycles. The zero-order valence-electron chi connectivity index (χ0n) is 10.9. The van der Waals surface area contributed by atoms with Gasteiger partial charge in [-0.15, -0.1) is 0 Å². The fraction of sp³-hybridized carbons (Fsp3) is 0.0667. The second-order valence-corrected chi connectivity index (χ2v) is 6.24. The summed E-state index contributed by atoms with van der Waals surface area (Å²) in [7, 11) is 0. The average molecular weight is 362 g/mol. The summed E-state index contributed by atoms with van der Waals surface area (Å²) < 4.78 is 8.86. The Morgan fingerprint density at radius 3 is 2.90 bits per heavy atom. The van der Waals surface area contributed by atoms with Gasteiger partial charge in [-0.3, -0.25) is 0 Å². The third-order valence-electron chi connectivity index (χ3n) is 3.46. The van der Waals surface area contributed by atoms with Crippen LogP contribution in [0.2, 0.25) is 5.02 Å². The quantitative estimate of drug-likeness (QED) is 0.550. The second kappa shape index (κ2) is 5.19. The Kier molecular flexibility index (Phi) is 3.18. The summed E-state index contributed by atoms with van der Waals surface area (Å²) >= 11 is 6.42. The topological polar surface area (TPSA) is 53.6 Å². The van der Waals surface area contributed by atoms with Gasteiger partial charge < -0.3 is 0 Å². The zero-order valence-corrected chi connectivity index (χ0v) is 13.4. The van der Waals surface area contributed by atoms with Crippen LogP contribution in [-0.2, 0) is 6.54 Å². The fourth-order valence-electron chi connectivity index (χ4n) is 2.42. The van der Waals surface area contributed by atoms with Crippen LogP contribution in [0.5, 0.6) is 0 Å². The third kappa shape index (κ3) is 2.23. The van der Waals surface area contributed by atoms with Crippen molar-refractivity contribution in [2.75, 3.05) is 5.32 Å². The van der Waals surface area contributed by atoms with Crippen LogP contribution in [0.15, 0.2) is 42.5 Å². The van der Waals surface area contributed by atoms with Crippen molar-refractivity contribution in [1.82, 2.24) is 12.9 Å². The van der Waals surface area contributed by atoms with E-state index in [0.29, 0.717) is 6.54 Å². The number of nitrogens with zero attached hydrogens (tertiary/aromatic N) is 2. The van der Waals surface area contributed by atoms with Gasteiger partial charge in [-0.25, -0.2) is 0 Å². The number of benzene rings is 2. The molecule has 0 bridgehead atoms. The molecule has 2 heterocycles. The molecule has 0 aliphatic rings. The first-order chi connectivity index (χ1) is 10.3. The Balaban J connectivity index is 1.66. The van der Waals surface area contributed by atoms with Gasteiger partial charge >= 0.3 is 132 Å². The summed E-state index contributed by atoms with van der Waals surface area (Å²) in [6.45, 7) is 0.631. The molecule has 0 unspecified atom stereocenters. The molecule has 0 atom stereocenters. The summed E-state index contributed by atoms with van der Waals surface area (Å²) in [4.78, 5) is 3.36. The van der Waals surface area contributed by atoms with E-state index in [1.165, 1.54) is 0 Å². The van der Waals surface area contributed by atoms with Gasteiger partial charge in [-0.05, 0) is 0 Å². The predicted molar refractivity (Wildman–Crippen MR) is 87.1 cm³/mol. The summed E-state index contributed by atoms with van der Waals surface area (Å²) in [5, 5.41) is 5.23. The van der Waals surface area contributed by atoms with E-state index in [9.17, 15) is 0 Å². The zero-order chi connectivity index (χ0) is 14.2.